The van der Waals surface area contributed by atoms with Crippen LogP contribution < -0.4 is 9.47 Å². The summed E-state index contributed by atoms with van der Waals surface area (Å²) in [5.74, 6) is 1.98. The SMILES string of the molecule is Fc1ccccc1Cn1c(-c2ccc3c(c2)OCO3)nc2ccccc21. The van der Waals surface area contributed by atoms with Crippen LogP contribution in [0.25, 0.3) is 22.4 Å². The van der Waals surface area contributed by atoms with Crippen molar-refractivity contribution in [2.45, 2.75) is 6.54 Å². The Hall–Kier alpha value is -3.34. The van der Waals surface area contributed by atoms with Crippen molar-refractivity contribution in [2.75, 3.05) is 6.79 Å². The fourth-order valence-corrected chi connectivity index (χ4v) is 3.29. The number of nitrogens with zero attached hydrogens (tertiary/aromatic N) is 2. The third kappa shape index (κ3) is 2.40. The van der Waals surface area contributed by atoms with Gasteiger partial charge in [-0.1, -0.05) is 30.3 Å². The zero-order chi connectivity index (χ0) is 17.5. The Labute approximate surface area is 149 Å². The van der Waals surface area contributed by atoms with E-state index in [-0.39, 0.29) is 12.6 Å². The van der Waals surface area contributed by atoms with Crippen LogP contribution in [-0.4, -0.2) is 16.3 Å². The monoisotopic (exact) mass is 346 g/mol. The summed E-state index contributed by atoms with van der Waals surface area (Å²) in [6.45, 7) is 0.626. The number of ether oxygens (including phenoxy) is 2. The number of hydrogen-bond acceptors (Lipinski definition) is 3. The van der Waals surface area contributed by atoms with Gasteiger partial charge in [0, 0.05) is 11.1 Å². The predicted molar refractivity (Wildman–Crippen MR) is 96.8 cm³/mol. The lowest BCUT2D eigenvalue weighted by molar-refractivity contribution is 0.174. The molecule has 5 heteroatoms. The van der Waals surface area contributed by atoms with E-state index in [1.165, 1.54) is 6.07 Å². The zero-order valence-electron chi connectivity index (χ0n) is 13.9. The minimum Gasteiger partial charge on any atom is -0.454 e. The molecule has 4 aromatic rings. The van der Waals surface area contributed by atoms with Gasteiger partial charge < -0.3 is 14.0 Å². The van der Waals surface area contributed by atoms with Crippen molar-refractivity contribution >= 4 is 11.0 Å². The van der Waals surface area contributed by atoms with Crippen molar-refractivity contribution in [2.24, 2.45) is 0 Å². The maximum Gasteiger partial charge on any atom is 0.231 e. The second-order valence-electron chi connectivity index (χ2n) is 6.17. The summed E-state index contributed by atoms with van der Waals surface area (Å²) in [4.78, 5) is 4.78. The van der Waals surface area contributed by atoms with E-state index >= 15 is 0 Å². The molecule has 0 amide bonds. The third-order valence-corrected chi connectivity index (χ3v) is 4.57. The number of para-hydroxylation sites is 2. The highest BCUT2D eigenvalue weighted by Gasteiger charge is 2.18. The molecule has 1 aliphatic heterocycles. The Bertz CT molecular complexity index is 1120. The smallest absolute Gasteiger partial charge is 0.231 e. The average molecular weight is 346 g/mol. The molecular weight excluding hydrogens is 331 g/mol. The highest BCUT2D eigenvalue weighted by molar-refractivity contribution is 5.81. The Morgan fingerprint density at radius 3 is 2.65 bits per heavy atom. The Morgan fingerprint density at radius 1 is 0.923 bits per heavy atom. The number of hydrogen-bond donors (Lipinski definition) is 0. The predicted octanol–water partition coefficient (Wildman–Crippen LogP) is 4.62. The van der Waals surface area contributed by atoms with E-state index in [1.807, 2.05) is 53.1 Å². The number of halogens is 1. The minimum absolute atomic E-state index is 0.220. The van der Waals surface area contributed by atoms with Gasteiger partial charge in [0.05, 0.1) is 17.6 Å². The van der Waals surface area contributed by atoms with E-state index in [0.717, 1.165) is 28.2 Å². The van der Waals surface area contributed by atoms with Gasteiger partial charge in [-0.05, 0) is 36.4 Å². The molecule has 0 N–H and O–H groups in total. The first-order valence-electron chi connectivity index (χ1n) is 8.38. The molecule has 0 saturated carbocycles. The van der Waals surface area contributed by atoms with Crippen molar-refractivity contribution in [3.8, 4) is 22.9 Å². The summed E-state index contributed by atoms with van der Waals surface area (Å²) < 4.78 is 27.1. The quantitative estimate of drug-likeness (QED) is 0.543. The lowest BCUT2D eigenvalue weighted by Gasteiger charge is -2.11. The zero-order valence-corrected chi connectivity index (χ0v) is 13.9. The second kappa shape index (κ2) is 5.88. The lowest BCUT2D eigenvalue weighted by Crippen LogP contribution is -2.04. The fraction of sp³-hybridized carbons (Fsp3) is 0.0952. The molecule has 0 bridgehead atoms. The molecule has 0 radical (unpaired) electrons. The van der Waals surface area contributed by atoms with Crippen molar-refractivity contribution in [1.82, 2.24) is 9.55 Å². The topological polar surface area (TPSA) is 36.3 Å². The van der Waals surface area contributed by atoms with Gasteiger partial charge in [-0.15, -0.1) is 0 Å². The maximum atomic E-state index is 14.2. The van der Waals surface area contributed by atoms with E-state index in [1.54, 1.807) is 12.1 Å². The van der Waals surface area contributed by atoms with Gasteiger partial charge in [-0.2, -0.15) is 0 Å². The van der Waals surface area contributed by atoms with E-state index in [0.29, 0.717) is 17.9 Å². The number of aromatic nitrogens is 2. The van der Waals surface area contributed by atoms with Crippen LogP contribution >= 0.6 is 0 Å². The fourth-order valence-electron chi connectivity index (χ4n) is 3.29. The third-order valence-electron chi connectivity index (χ3n) is 4.57. The highest BCUT2D eigenvalue weighted by atomic mass is 19.1. The van der Waals surface area contributed by atoms with Crippen LogP contribution in [0.5, 0.6) is 11.5 Å². The summed E-state index contributed by atoms with van der Waals surface area (Å²) in [7, 11) is 0. The average Bonchev–Trinajstić information content (AvgIpc) is 3.28. The minimum atomic E-state index is -0.220. The molecule has 4 nitrogen and oxygen atoms in total. The number of fused-ring (bicyclic) bond motifs is 2. The van der Waals surface area contributed by atoms with E-state index in [9.17, 15) is 4.39 Å². The standard InChI is InChI=1S/C21H15FN2O2/c22-16-6-2-1-5-15(16)12-24-18-8-4-3-7-17(18)23-21(24)14-9-10-19-20(11-14)26-13-25-19/h1-11H,12-13H2. The van der Waals surface area contributed by atoms with Gasteiger partial charge in [0.15, 0.2) is 11.5 Å². The number of rotatable bonds is 3. The largest absolute Gasteiger partial charge is 0.454 e. The van der Waals surface area contributed by atoms with Crippen molar-refractivity contribution in [1.29, 1.82) is 0 Å². The Morgan fingerprint density at radius 2 is 1.73 bits per heavy atom. The van der Waals surface area contributed by atoms with Gasteiger partial charge in [0.1, 0.15) is 11.6 Å². The molecule has 1 aromatic heterocycles. The highest BCUT2D eigenvalue weighted by Crippen LogP contribution is 2.36. The summed E-state index contributed by atoms with van der Waals surface area (Å²) in [6, 6.07) is 20.4. The molecule has 0 spiro atoms. The van der Waals surface area contributed by atoms with Crippen LogP contribution in [0, 0.1) is 5.82 Å². The van der Waals surface area contributed by atoms with Crippen LogP contribution in [0.15, 0.2) is 66.7 Å². The Kier molecular flexibility index (Phi) is 3.38. The number of benzene rings is 3. The van der Waals surface area contributed by atoms with E-state index in [4.69, 9.17) is 14.5 Å². The van der Waals surface area contributed by atoms with E-state index < -0.39 is 0 Å². The molecule has 128 valence electrons. The maximum absolute atomic E-state index is 14.2. The summed E-state index contributed by atoms with van der Waals surface area (Å²) in [6.07, 6.45) is 0. The van der Waals surface area contributed by atoms with Crippen molar-refractivity contribution in [3.63, 3.8) is 0 Å². The van der Waals surface area contributed by atoms with Gasteiger partial charge in [0.2, 0.25) is 6.79 Å². The normalized spacial score (nSPS) is 12.7. The first kappa shape index (κ1) is 15.0. The molecule has 1 aliphatic rings. The van der Waals surface area contributed by atoms with Crippen LogP contribution in [0.4, 0.5) is 4.39 Å². The molecule has 5 rings (SSSR count). The molecule has 0 unspecified atom stereocenters. The van der Waals surface area contributed by atoms with Crippen LogP contribution in [0.1, 0.15) is 5.56 Å². The molecule has 0 fully saturated rings. The van der Waals surface area contributed by atoms with Gasteiger partial charge in [0.25, 0.3) is 0 Å². The van der Waals surface area contributed by atoms with Crippen LogP contribution in [0.2, 0.25) is 0 Å². The van der Waals surface area contributed by atoms with Crippen molar-refractivity contribution in [3.05, 3.63) is 78.1 Å². The Balaban J connectivity index is 1.69. The van der Waals surface area contributed by atoms with Crippen molar-refractivity contribution < 1.29 is 13.9 Å². The molecule has 0 aliphatic carbocycles. The van der Waals surface area contributed by atoms with Gasteiger partial charge >= 0.3 is 0 Å². The first-order valence-corrected chi connectivity index (χ1v) is 8.38. The van der Waals surface area contributed by atoms with Gasteiger partial charge in [-0.3, -0.25) is 0 Å². The summed E-state index contributed by atoms with van der Waals surface area (Å²) in [5.41, 5.74) is 3.36. The van der Waals surface area contributed by atoms with E-state index in [2.05, 4.69) is 0 Å². The molecule has 0 saturated heterocycles. The second-order valence-corrected chi connectivity index (χ2v) is 6.17. The lowest BCUT2D eigenvalue weighted by atomic mass is 10.1. The van der Waals surface area contributed by atoms with Crippen LogP contribution in [-0.2, 0) is 6.54 Å². The molecule has 2 heterocycles. The molecular formula is C21H15FN2O2. The van der Waals surface area contributed by atoms with Crippen LogP contribution in [0.3, 0.4) is 0 Å². The first-order chi connectivity index (χ1) is 12.8. The molecule has 0 atom stereocenters. The summed E-state index contributed by atoms with van der Waals surface area (Å²) in [5, 5.41) is 0. The molecule has 26 heavy (non-hydrogen) atoms. The molecule has 3 aromatic carbocycles. The van der Waals surface area contributed by atoms with Gasteiger partial charge in [-0.25, -0.2) is 9.37 Å². The summed E-state index contributed by atoms with van der Waals surface area (Å²) >= 11 is 0. The number of imidazole rings is 1.